The van der Waals surface area contributed by atoms with Gasteiger partial charge in [-0.3, -0.25) is 0 Å². The Bertz CT molecular complexity index is 1730. The van der Waals surface area contributed by atoms with Crippen molar-refractivity contribution in [3.63, 3.8) is 0 Å². The van der Waals surface area contributed by atoms with E-state index in [0.717, 1.165) is 0 Å². The molecule has 1 aliphatic heterocycles. The lowest BCUT2D eigenvalue weighted by atomic mass is 9.83. The third-order valence-electron chi connectivity index (χ3n) is 6.22. The maximum Gasteiger partial charge on any atom is 0.404 e. The number of para-hydroxylation sites is 1. The van der Waals surface area contributed by atoms with E-state index in [9.17, 15) is 20.2 Å². The molecule has 0 saturated carbocycles. The maximum absolute atomic E-state index is 13.2. The van der Waals surface area contributed by atoms with Crippen LogP contribution in [0.3, 0.4) is 0 Å². The first-order valence-electron chi connectivity index (χ1n) is 10.9. The van der Waals surface area contributed by atoms with Crippen LogP contribution in [-0.4, -0.2) is 21.8 Å². The molecule has 0 spiro atoms. The minimum Gasteiger partial charge on any atom is -0.496 e. The fourth-order valence-corrected chi connectivity index (χ4v) is 4.87. The minimum atomic E-state index is -0.876. The first-order valence-corrected chi connectivity index (χ1v) is 11.7. The maximum atomic E-state index is 13.2. The van der Waals surface area contributed by atoms with Crippen molar-refractivity contribution in [2.45, 2.75) is 19.4 Å². The monoisotopic (exact) mass is 563 g/mol. The molecule has 4 aromatic rings. The van der Waals surface area contributed by atoms with E-state index < -0.39 is 16.5 Å². The molecule has 1 aliphatic rings. The van der Waals surface area contributed by atoms with Crippen LogP contribution in [0.25, 0.3) is 11.0 Å². The molecule has 37 heavy (non-hydrogen) atoms. The molecule has 3 heterocycles. The van der Waals surface area contributed by atoms with E-state index in [-0.39, 0.29) is 39.6 Å². The van der Waals surface area contributed by atoms with Gasteiger partial charge in [0.25, 0.3) is 0 Å². The lowest BCUT2D eigenvalue weighted by molar-refractivity contribution is -0.390. The Balaban J connectivity index is 1.70. The number of methoxy groups -OCH3 is 1. The van der Waals surface area contributed by atoms with Crippen LogP contribution in [0.15, 0.2) is 67.6 Å². The van der Waals surface area contributed by atoms with Gasteiger partial charge in [0, 0.05) is 5.56 Å². The number of fused-ring (bicyclic) bond motifs is 3. The summed E-state index contributed by atoms with van der Waals surface area (Å²) in [6.07, 6.45) is 0. The number of allylic oxidation sites excluding steroid dienone is 1. The molecule has 12 heteroatoms. The highest BCUT2D eigenvalue weighted by Crippen LogP contribution is 2.44. The van der Waals surface area contributed by atoms with E-state index in [1.165, 1.54) is 11.8 Å². The van der Waals surface area contributed by atoms with E-state index in [2.05, 4.69) is 27.1 Å². The fraction of sp³-hybridized carbons (Fsp3) is 0.160. The zero-order valence-electron chi connectivity index (χ0n) is 19.5. The van der Waals surface area contributed by atoms with Gasteiger partial charge < -0.3 is 29.7 Å². The van der Waals surface area contributed by atoms with Crippen LogP contribution in [-0.2, 0) is 6.54 Å². The molecule has 5 rings (SSSR count). The molecule has 0 radical (unpaired) electrons. The second kappa shape index (κ2) is 9.11. The van der Waals surface area contributed by atoms with Gasteiger partial charge in [-0.1, -0.05) is 18.2 Å². The first kappa shape index (κ1) is 24.1. The van der Waals surface area contributed by atoms with Crippen LogP contribution in [0.4, 0.5) is 5.82 Å². The number of halogens is 1. The number of nitrogens with zero attached hydrogens (tertiary/aromatic N) is 4. The molecule has 186 valence electrons. The summed E-state index contributed by atoms with van der Waals surface area (Å²) < 4.78 is 18.6. The Hall–Kier alpha value is -4.63. The number of nitrogens with two attached hydrogens (primary N) is 1. The summed E-state index contributed by atoms with van der Waals surface area (Å²) in [5.74, 6) is -0.577. The normalized spacial score (nSPS) is 14.7. The Morgan fingerprint density at radius 1 is 1.32 bits per heavy atom. The molecule has 0 aliphatic carbocycles. The molecular formula is C25H18BrN5O6. The van der Waals surface area contributed by atoms with E-state index >= 15 is 0 Å². The molecule has 2 aromatic heterocycles. The second-order valence-corrected chi connectivity index (χ2v) is 9.06. The van der Waals surface area contributed by atoms with E-state index in [1.54, 1.807) is 49.4 Å². The fourth-order valence-electron chi connectivity index (χ4n) is 4.44. The molecule has 2 N–H and O–H groups in total. The highest BCUT2D eigenvalue weighted by atomic mass is 79.9. The number of benzene rings is 2. The zero-order valence-corrected chi connectivity index (χ0v) is 21.1. The van der Waals surface area contributed by atoms with Crippen LogP contribution in [0.5, 0.6) is 11.5 Å². The lowest BCUT2D eigenvalue weighted by Gasteiger charge is -2.26. The summed E-state index contributed by atoms with van der Waals surface area (Å²) in [7, 11) is 1.50. The van der Waals surface area contributed by atoms with Crippen molar-refractivity contribution in [2.24, 2.45) is 5.73 Å². The number of nitriles is 1. The summed E-state index contributed by atoms with van der Waals surface area (Å²) in [6.45, 7) is 1.82. The second-order valence-electron chi connectivity index (χ2n) is 8.26. The molecule has 0 amide bonds. The van der Waals surface area contributed by atoms with Gasteiger partial charge in [-0.25, -0.2) is 4.79 Å². The number of rotatable bonds is 5. The van der Waals surface area contributed by atoms with E-state index in [1.807, 2.05) is 0 Å². The number of ether oxygens (including phenoxy) is 2. The molecular weight excluding hydrogens is 546 g/mol. The Kier molecular flexibility index (Phi) is 5.93. The predicted molar refractivity (Wildman–Crippen MR) is 135 cm³/mol. The molecule has 11 nitrogen and oxygen atoms in total. The van der Waals surface area contributed by atoms with Gasteiger partial charge in [0.2, 0.25) is 5.88 Å². The summed E-state index contributed by atoms with van der Waals surface area (Å²) in [5, 5.41) is 25.9. The van der Waals surface area contributed by atoms with E-state index in [0.29, 0.717) is 33.5 Å². The molecule has 0 bridgehead atoms. The SMILES string of the molecule is COc1ccc(C2C(C#N)=C(N)Oc3c2c(=O)oc2ccccc32)cc1Cn1nc([N+](=O)[O-])c(Br)c1C. The molecule has 0 fully saturated rings. The van der Waals surface area contributed by atoms with Crippen molar-refractivity contribution in [3.8, 4) is 17.6 Å². The van der Waals surface area contributed by atoms with Gasteiger partial charge in [0.05, 0.1) is 41.3 Å². The van der Waals surface area contributed by atoms with Crippen molar-refractivity contribution in [1.82, 2.24) is 9.78 Å². The van der Waals surface area contributed by atoms with Crippen LogP contribution < -0.4 is 20.8 Å². The Morgan fingerprint density at radius 3 is 2.76 bits per heavy atom. The third-order valence-corrected chi connectivity index (χ3v) is 7.15. The van der Waals surface area contributed by atoms with Crippen molar-refractivity contribution in [3.05, 3.63) is 101 Å². The molecule has 2 aromatic carbocycles. The van der Waals surface area contributed by atoms with Gasteiger partial charge in [-0.05, 0) is 57.6 Å². The quantitative estimate of drug-likeness (QED) is 0.212. The summed E-state index contributed by atoms with van der Waals surface area (Å²) in [4.78, 5) is 23.9. The van der Waals surface area contributed by atoms with Gasteiger partial charge in [0.15, 0.2) is 5.75 Å². The van der Waals surface area contributed by atoms with Crippen molar-refractivity contribution in [2.75, 3.05) is 7.11 Å². The van der Waals surface area contributed by atoms with Gasteiger partial charge in [-0.2, -0.15) is 9.94 Å². The Morgan fingerprint density at radius 2 is 2.08 bits per heavy atom. The molecule has 1 atom stereocenters. The van der Waals surface area contributed by atoms with Gasteiger partial charge in [-0.15, -0.1) is 0 Å². The highest BCUT2D eigenvalue weighted by Gasteiger charge is 2.36. The zero-order chi connectivity index (χ0) is 26.4. The third kappa shape index (κ3) is 3.89. The largest absolute Gasteiger partial charge is 0.496 e. The number of hydrogen-bond donors (Lipinski definition) is 1. The summed E-state index contributed by atoms with van der Waals surface area (Å²) >= 11 is 3.23. The van der Waals surface area contributed by atoms with E-state index in [4.69, 9.17) is 19.6 Å². The highest BCUT2D eigenvalue weighted by molar-refractivity contribution is 9.10. The summed E-state index contributed by atoms with van der Waals surface area (Å²) in [6, 6.07) is 14.1. The van der Waals surface area contributed by atoms with Gasteiger partial charge in [0.1, 0.15) is 27.4 Å². The molecule has 0 saturated heterocycles. The number of hydrogen-bond acceptors (Lipinski definition) is 9. The smallest absolute Gasteiger partial charge is 0.404 e. The molecule has 1 unspecified atom stereocenters. The standard InChI is InChI=1S/C25H18BrN5O6/c1-12-21(26)24(31(33)34)29-30(12)11-14-9-13(7-8-17(14)35-2)19-16(10-27)23(28)37-22-15-5-3-4-6-18(15)36-25(32)20(19)22/h3-9,19H,11,28H2,1-2H3. The lowest BCUT2D eigenvalue weighted by Crippen LogP contribution is -2.26. The van der Waals surface area contributed by atoms with Crippen LogP contribution in [0.2, 0.25) is 0 Å². The van der Waals surface area contributed by atoms with Crippen molar-refractivity contribution < 1.29 is 18.8 Å². The summed E-state index contributed by atoms with van der Waals surface area (Å²) in [5.41, 5.74) is 7.75. The minimum absolute atomic E-state index is 0.0554. The van der Waals surface area contributed by atoms with Crippen LogP contribution >= 0.6 is 15.9 Å². The van der Waals surface area contributed by atoms with Crippen LogP contribution in [0.1, 0.15) is 28.3 Å². The number of nitro groups is 1. The number of aromatic nitrogens is 2. The van der Waals surface area contributed by atoms with Gasteiger partial charge >= 0.3 is 11.4 Å². The predicted octanol–water partition coefficient (Wildman–Crippen LogP) is 4.24. The van der Waals surface area contributed by atoms with Crippen molar-refractivity contribution in [1.29, 1.82) is 5.26 Å². The van der Waals surface area contributed by atoms with Crippen molar-refractivity contribution >= 4 is 32.7 Å². The average molecular weight is 564 g/mol. The average Bonchev–Trinajstić information content (AvgIpc) is 3.16. The topological polar surface area (TPSA) is 159 Å². The Labute approximate surface area is 217 Å². The van der Waals surface area contributed by atoms with Crippen LogP contribution in [0, 0.1) is 28.4 Å². The first-order chi connectivity index (χ1) is 17.7.